The highest BCUT2D eigenvalue weighted by molar-refractivity contribution is 5.93. The molecule has 12 nitrogen and oxygen atoms in total. The second kappa shape index (κ2) is 13.9. The molecule has 0 radical (unpaired) electrons. The molecule has 2 aromatic carbocycles. The minimum Gasteiger partial charge on any atom is -0.476 e. The lowest BCUT2D eigenvalue weighted by Gasteiger charge is -2.28. The molecule has 0 spiro atoms. The number of hydrogen-bond acceptors (Lipinski definition) is 7. The van der Waals surface area contributed by atoms with Gasteiger partial charge in [-0.3, -0.25) is 9.80 Å². The number of carboxylic acids is 1. The van der Waals surface area contributed by atoms with Gasteiger partial charge in [-0.1, -0.05) is 48.5 Å². The standard InChI is InChI=1S/C39H48N6O6/c1-8-43-32(31(35(46)47)42-34(43)30-12-10-22-45(30)37(49)51-39(5,6)7)27-19-15-25(16-20-27)24-13-17-26(18-14-24)28-23-40-33(41-28)29-11-9-21-44(29)36(48)50-38(2,3)4/h13-20,23,29-30H,8-12,21-22H2,1-7H3,(H,40,41)(H,46,47)/t29-,30-/m0/s1. The van der Waals surface area contributed by atoms with Crippen LogP contribution in [0.15, 0.2) is 54.7 Å². The molecule has 0 bridgehead atoms. The Labute approximate surface area is 298 Å². The van der Waals surface area contributed by atoms with Gasteiger partial charge in [0.05, 0.1) is 29.7 Å². The van der Waals surface area contributed by atoms with E-state index in [2.05, 4.69) is 15.0 Å². The van der Waals surface area contributed by atoms with E-state index in [9.17, 15) is 19.5 Å². The van der Waals surface area contributed by atoms with Crippen LogP contribution in [0.2, 0.25) is 0 Å². The van der Waals surface area contributed by atoms with Crippen molar-refractivity contribution < 1.29 is 29.0 Å². The fraction of sp³-hybridized carbons (Fsp3) is 0.462. The van der Waals surface area contributed by atoms with E-state index in [-0.39, 0.29) is 23.9 Å². The third-order valence-electron chi connectivity index (χ3n) is 9.17. The average Bonchev–Trinajstić information content (AvgIpc) is 3.88. The number of ether oxygens (including phenoxy) is 2. The minimum atomic E-state index is -1.12. The van der Waals surface area contributed by atoms with E-state index in [4.69, 9.17) is 9.47 Å². The van der Waals surface area contributed by atoms with Crippen LogP contribution >= 0.6 is 0 Å². The van der Waals surface area contributed by atoms with E-state index < -0.39 is 23.3 Å². The Kier molecular flexibility index (Phi) is 9.71. The van der Waals surface area contributed by atoms with Crippen molar-refractivity contribution >= 4 is 18.2 Å². The normalized spacial score (nSPS) is 17.9. The second-order valence-corrected chi connectivity index (χ2v) is 15.2. The molecule has 0 aliphatic carbocycles. The van der Waals surface area contributed by atoms with Crippen molar-refractivity contribution in [2.45, 2.75) is 104 Å². The van der Waals surface area contributed by atoms with Gasteiger partial charge in [-0.15, -0.1) is 0 Å². The zero-order valence-electron chi connectivity index (χ0n) is 30.5. The van der Waals surface area contributed by atoms with Crippen molar-refractivity contribution in [3.05, 3.63) is 72.1 Å². The molecule has 4 heterocycles. The highest BCUT2D eigenvalue weighted by atomic mass is 16.6. The average molecular weight is 697 g/mol. The monoisotopic (exact) mass is 696 g/mol. The van der Waals surface area contributed by atoms with Crippen LogP contribution < -0.4 is 0 Å². The van der Waals surface area contributed by atoms with Crippen LogP contribution in [-0.4, -0.2) is 76.9 Å². The van der Waals surface area contributed by atoms with Crippen molar-refractivity contribution in [2.24, 2.45) is 0 Å². The molecule has 12 heteroatoms. The number of likely N-dealkylation sites (tertiary alicyclic amines) is 2. The molecular weight excluding hydrogens is 648 g/mol. The third kappa shape index (κ3) is 7.64. The number of amides is 2. The summed E-state index contributed by atoms with van der Waals surface area (Å²) in [7, 11) is 0. The zero-order valence-corrected chi connectivity index (χ0v) is 30.5. The Hall–Kier alpha value is -5.13. The molecule has 2 fully saturated rings. The lowest BCUT2D eigenvalue weighted by atomic mass is 10.0. The van der Waals surface area contributed by atoms with Gasteiger partial charge in [0.1, 0.15) is 22.9 Å². The van der Waals surface area contributed by atoms with Crippen LogP contribution in [0.25, 0.3) is 33.6 Å². The van der Waals surface area contributed by atoms with Crippen molar-refractivity contribution in [3.63, 3.8) is 0 Å². The van der Waals surface area contributed by atoms with E-state index in [0.29, 0.717) is 37.6 Å². The molecule has 51 heavy (non-hydrogen) atoms. The SMILES string of the molecule is CCn1c([C@@H]2CCCN2C(=O)OC(C)(C)C)nc(C(=O)O)c1-c1ccc(-c2ccc(-c3cnc([C@@H]4CCCN4C(=O)OC(C)(C)C)[nH]3)cc2)cc1. The number of hydrogen-bond donors (Lipinski definition) is 2. The summed E-state index contributed by atoms with van der Waals surface area (Å²) in [5.74, 6) is 0.182. The quantitative estimate of drug-likeness (QED) is 0.196. The number of nitrogens with zero attached hydrogens (tertiary/aromatic N) is 5. The van der Waals surface area contributed by atoms with Crippen molar-refractivity contribution in [1.29, 1.82) is 0 Å². The number of H-pyrrole nitrogens is 1. The van der Waals surface area contributed by atoms with Gasteiger partial charge in [-0.2, -0.15) is 0 Å². The fourth-order valence-corrected chi connectivity index (χ4v) is 6.97. The third-order valence-corrected chi connectivity index (χ3v) is 9.17. The number of aromatic carboxylic acids is 1. The van der Waals surface area contributed by atoms with Crippen molar-refractivity contribution in [3.8, 4) is 33.6 Å². The molecule has 4 aromatic rings. The van der Waals surface area contributed by atoms with Gasteiger partial charge in [-0.05, 0) is 90.8 Å². The highest BCUT2D eigenvalue weighted by Crippen LogP contribution is 2.38. The summed E-state index contributed by atoms with van der Waals surface area (Å²) in [4.78, 5) is 54.5. The van der Waals surface area contributed by atoms with E-state index >= 15 is 0 Å². The smallest absolute Gasteiger partial charge is 0.410 e. The molecule has 2 aliphatic heterocycles. The molecule has 0 unspecified atom stereocenters. The fourth-order valence-electron chi connectivity index (χ4n) is 6.97. The number of aromatic amines is 1. The maximum absolute atomic E-state index is 13.1. The summed E-state index contributed by atoms with van der Waals surface area (Å²) in [6.07, 6.45) is 4.22. The van der Waals surface area contributed by atoms with Crippen LogP contribution in [0.4, 0.5) is 9.59 Å². The number of aromatic nitrogens is 4. The predicted octanol–water partition coefficient (Wildman–Crippen LogP) is 8.47. The first-order valence-corrected chi connectivity index (χ1v) is 17.7. The largest absolute Gasteiger partial charge is 0.476 e. The first-order valence-electron chi connectivity index (χ1n) is 17.7. The van der Waals surface area contributed by atoms with E-state index in [0.717, 1.165) is 53.0 Å². The van der Waals surface area contributed by atoms with Gasteiger partial charge in [0.15, 0.2) is 5.69 Å². The van der Waals surface area contributed by atoms with Crippen LogP contribution in [0, 0.1) is 0 Å². The maximum Gasteiger partial charge on any atom is 0.410 e. The molecule has 2 aromatic heterocycles. The lowest BCUT2D eigenvalue weighted by molar-refractivity contribution is 0.0207. The Balaban J connectivity index is 1.21. The second-order valence-electron chi connectivity index (χ2n) is 15.2. The molecule has 270 valence electrons. The van der Waals surface area contributed by atoms with Gasteiger partial charge < -0.3 is 24.1 Å². The first kappa shape index (κ1) is 35.7. The number of benzene rings is 2. The topological polar surface area (TPSA) is 143 Å². The summed E-state index contributed by atoms with van der Waals surface area (Å²) in [5, 5.41) is 10.2. The van der Waals surface area contributed by atoms with Crippen LogP contribution in [-0.2, 0) is 16.0 Å². The van der Waals surface area contributed by atoms with Crippen LogP contribution in [0.1, 0.15) is 108 Å². The summed E-state index contributed by atoms with van der Waals surface area (Å²) in [6, 6.07) is 15.4. The highest BCUT2D eigenvalue weighted by Gasteiger charge is 2.38. The maximum atomic E-state index is 13.1. The van der Waals surface area contributed by atoms with E-state index in [1.807, 2.05) is 102 Å². The van der Waals surface area contributed by atoms with E-state index in [1.54, 1.807) is 16.0 Å². The number of carbonyl (C=O) groups excluding carboxylic acids is 2. The molecule has 2 amide bonds. The Bertz CT molecular complexity index is 1900. The van der Waals surface area contributed by atoms with Crippen molar-refractivity contribution in [2.75, 3.05) is 13.1 Å². The van der Waals surface area contributed by atoms with E-state index in [1.165, 1.54) is 0 Å². The summed E-state index contributed by atoms with van der Waals surface area (Å²) >= 11 is 0. The molecule has 2 aliphatic rings. The Morgan fingerprint density at radius 1 is 0.784 bits per heavy atom. The number of carbonyl (C=O) groups is 3. The van der Waals surface area contributed by atoms with Gasteiger partial charge >= 0.3 is 18.2 Å². The van der Waals surface area contributed by atoms with Crippen LogP contribution in [0.5, 0.6) is 0 Å². The minimum absolute atomic E-state index is 0.0364. The van der Waals surface area contributed by atoms with Gasteiger partial charge in [0.25, 0.3) is 0 Å². The van der Waals surface area contributed by atoms with Gasteiger partial charge in [0.2, 0.25) is 0 Å². The summed E-state index contributed by atoms with van der Waals surface area (Å²) in [6.45, 7) is 14.7. The van der Waals surface area contributed by atoms with Gasteiger partial charge in [0, 0.05) is 25.2 Å². The molecule has 2 atom stereocenters. The van der Waals surface area contributed by atoms with Crippen molar-refractivity contribution in [1.82, 2.24) is 29.3 Å². The number of imidazole rings is 2. The number of nitrogens with one attached hydrogen (secondary N) is 1. The Morgan fingerprint density at radius 3 is 1.78 bits per heavy atom. The predicted molar refractivity (Wildman–Crippen MR) is 193 cm³/mol. The molecule has 6 rings (SSSR count). The first-order chi connectivity index (χ1) is 24.1. The summed E-state index contributed by atoms with van der Waals surface area (Å²) < 4.78 is 13.2. The molecule has 2 N–H and O–H groups in total. The zero-order chi connectivity index (χ0) is 36.7. The van der Waals surface area contributed by atoms with Crippen LogP contribution in [0.3, 0.4) is 0 Å². The lowest BCUT2D eigenvalue weighted by Crippen LogP contribution is -2.37. The molecule has 0 saturated carbocycles. The van der Waals surface area contributed by atoms with Gasteiger partial charge in [-0.25, -0.2) is 24.4 Å². The number of carboxylic acid groups (broad SMARTS) is 1. The molecular formula is C39H48N6O6. The summed E-state index contributed by atoms with van der Waals surface area (Å²) in [5.41, 5.74) is 3.80. The molecule has 2 saturated heterocycles. The Morgan fingerprint density at radius 2 is 1.27 bits per heavy atom. The number of rotatable bonds is 7.